The first kappa shape index (κ1) is 13.8. The molecule has 1 aliphatic rings. The summed E-state index contributed by atoms with van der Waals surface area (Å²) < 4.78 is 0. The number of aromatic nitrogens is 1. The molecule has 20 heavy (non-hydrogen) atoms. The van der Waals surface area contributed by atoms with Gasteiger partial charge in [-0.05, 0) is 37.3 Å². The molecule has 3 rings (SSSR count). The summed E-state index contributed by atoms with van der Waals surface area (Å²) in [4.78, 5) is 4.62. The molecule has 3 heteroatoms. The number of likely N-dealkylation sites (N-methyl/N-ethyl adjacent to an activating group) is 1. The molecule has 0 bridgehead atoms. The first-order valence-electron chi connectivity index (χ1n) is 7.47. The SMILES string of the molecule is CCNC(Cc1csc(C)n1)C1CC1c1ccccc1. The standard InChI is InChI=1S/C17H22N2S/c1-3-18-17(9-14-11-20-12(2)19-14)16-10-15(16)13-7-5-4-6-8-13/h4-8,11,15-18H,3,9-10H2,1-2H3. The van der Waals surface area contributed by atoms with Gasteiger partial charge in [0.1, 0.15) is 0 Å². The van der Waals surface area contributed by atoms with Crippen molar-refractivity contribution in [3.8, 4) is 0 Å². The van der Waals surface area contributed by atoms with Gasteiger partial charge in [0.15, 0.2) is 0 Å². The molecule has 1 N–H and O–H groups in total. The largest absolute Gasteiger partial charge is 0.314 e. The summed E-state index contributed by atoms with van der Waals surface area (Å²) in [5.74, 6) is 1.50. The van der Waals surface area contributed by atoms with Gasteiger partial charge in [0, 0.05) is 17.8 Å². The van der Waals surface area contributed by atoms with Gasteiger partial charge in [0.2, 0.25) is 0 Å². The van der Waals surface area contributed by atoms with Gasteiger partial charge in [-0.2, -0.15) is 0 Å². The zero-order valence-electron chi connectivity index (χ0n) is 12.2. The summed E-state index contributed by atoms with van der Waals surface area (Å²) in [6.07, 6.45) is 2.37. The van der Waals surface area contributed by atoms with Crippen molar-refractivity contribution in [3.63, 3.8) is 0 Å². The van der Waals surface area contributed by atoms with Crippen molar-refractivity contribution in [3.05, 3.63) is 52.0 Å². The summed E-state index contributed by atoms with van der Waals surface area (Å²) in [5, 5.41) is 7.05. The van der Waals surface area contributed by atoms with Gasteiger partial charge in [-0.15, -0.1) is 11.3 Å². The van der Waals surface area contributed by atoms with E-state index in [-0.39, 0.29) is 0 Å². The Bertz CT molecular complexity index is 549. The van der Waals surface area contributed by atoms with Crippen molar-refractivity contribution in [2.75, 3.05) is 6.54 Å². The average molecular weight is 286 g/mol. The Kier molecular flexibility index (Phi) is 4.18. The van der Waals surface area contributed by atoms with E-state index in [2.05, 4.69) is 59.9 Å². The third kappa shape index (κ3) is 3.10. The van der Waals surface area contributed by atoms with E-state index in [1.54, 1.807) is 11.3 Å². The van der Waals surface area contributed by atoms with Crippen LogP contribution in [0.1, 0.15) is 35.5 Å². The van der Waals surface area contributed by atoms with E-state index < -0.39 is 0 Å². The number of rotatable bonds is 6. The third-order valence-electron chi connectivity index (χ3n) is 4.15. The average Bonchev–Trinajstić information content (AvgIpc) is 3.16. The van der Waals surface area contributed by atoms with E-state index in [0.717, 1.165) is 24.8 Å². The number of nitrogens with one attached hydrogen (secondary N) is 1. The lowest BCUT2D eigenvalue weighted by Gasteiger charge is -2.17. The fourth-order valence-corrected chi connectivity index (χ4v) is 3.73. The van der Waals surface area contributed by atoms with E-state index >= 15 is 0 Å². The normalized spacial score (nSPS) is 22.7. The molecule has 0 aliphatic heterocycles. The van der Waals surface area contributed by atoms with E-state index in [1.165, 1.54) is 22.7 Å². The number of nitrogens with zero attached hydrogens (tertiary/aromatic N) is 1. The van der Waals surface area contributed by atoms with E-state index in [4.69, 9.17) is 0 Å². The molecule has 3 atom stereocenters. The van der Waals surface area contributed by atoms with Crippen LogP contribution in [-0.4, -0.2) is 17.6 Å². The van der Waals surface area contributed by atoms with Crippen molar-refractivity contribution >= 4 is 11.3 Å². The van der Waals surface area contributed by atoms with Crippen LogP contribution >= 0.6 is 11.3 Å². The van der Waals surface area contributed by atoms with Crippen molar-refractivity contribution < 1.29 is 0 Å². The highest BCUT2D eigenvalue weighted by atomic mass is 32.1. The van der Waals surface area contributed by atoms with Crippen molar-refractivity contribution in [2.45, 2.75) is 38.6 Å². The van der Waals surface area contributed by atoms with Crippen molar-refractivity contribution in [2.24, 2.45) is 5.92 Å². The number of hydrogen-bond acceptors (Lipinski definition) is 3. The highest BCUT2D eigenvalue weighted by molar-refractivity contribution is 7.09. The zero-order valence-corrected chi connectivity index (χ0v) is 13.0. The minimum atomic E-state index is 0.562. The molecule has 1 aromatic carbocycles. The second kappa shape index (κ2) is 6.06. The Morgan fingerprint density at radius 2 is 2.15 bits per heavy atom. The lowest BCUT2D eigenvalue weighted by molar-refractivity contribution is 0.461. The second-order valence-corrected chi connectivity index (χ2v) is 6.71. The first-order valence-corrected chi connectivity index (χ1v) is 8.35. The van der Waals surface area contributed by atoms with Crippen LogP contribution in [-0.2, 0) is 6.42 Å². The van der Waals surface area contributed by atoms with Crippen LogP contribution in [0.3, 0.4) is 0 Å². The Hall–Kier alpha value is -1.19. The third-order valence-corrected chi connectivity index (χ3v) is 4.97. The van der Waals surface area contributed by atoms with Crippen LogP contribution in [0.25, 0.3) is 0 Å². The van der Waals surface area contributed by atoms with Gasteiger partial charge < -0.3 is 5.32 Å². The van der Waals surface area contributed by atoms with Gasteiger partial charge in [0.05, 0.1) is 10.7 Å². The molecular weight excluding hydrogens is 264 g/mol. The van der Waals surface area contributed by atoms with Gasteiger partial charge in [-0.25, -0.2) is 4.98 Å². The van der Waals surface area contributed by atoms with Crippen molar-refractivity contribution in [1.82, 2.24) is 10.3 Å². The minimum absolute atomic E-state index is 0.562. The number of hydrogen-bond donors (Lipinski definition) is 1. The van der Waals surface area contributed by atoms with Crippen molar-refractivity contribution in [1.29, 1.82) is 0 Å². The molecule has 3 unspecified atom stereocenters. The highest BCUT2D eigenvalue weighted by Crippen LogP contribution is 2.50. The maximum atomic E-state index is 4.62. The Balaban J connectivity index is 1.66. The first-order chi connectivity index (χ1) is 9.78. The fourth-order valence-electron chi connectivity index (χ4n) is 3.11. The number of aryl methyl sites for hydroxylation is 1. The van der Waals surface area contributed by atoms with E-state index in [0.29, 0.717) is 6.04 Å². The molecule has 2 nitrogen and oxygen atoms in total. The highest BCUT2D eigenvalue weighted by Gasteiger charge is 2.43. The van der Waals surface area contributed by atoms with Gasteiger partial charge in [-0.1, -0.05) is 37.3 Å². The van der Waals surface area contributed by atoms with Crippen LogP contribution in [0.5, 0.6) is 0 Å². The topological polar surface area (TPSA) is 24.9 Å². The monoisotopic (exact) mass is 286 g/mol. The van der Waals surface area contributed by atoms with Crippen LogP contribution < -0.4 is 5.32 Å². The summed E-state index contributed by atoms with van der Waals surface area (Å²) in [7, 11) is 0. The molecule has 0 saturated heterocycles. The smallest absolute Gasteiger partial charge is 0.0897 e. The Morgan fingerprint density at radius 1 is 1.35 bits per heavy atom. The Labute approximate surface area is 125 Å². The van der Waals surface area contributed by atoms with E-state index in [9.17, 15) is 0 Å². The fraction of sp³-hybridized carbons (Fsp3) is 0.471. The molecule has 1 fully saturated rings. The molecule has 1 saturated carbocycles. The maximum Gasteiger partial charge on any atom is 0.0897 e. The number of thiazole rings is 1. The van der Waals surface area contributed by atoms with Gasteiger partial charge in [0.25, 0.3) is 0 Å². The molecule has 0 radical (unpaired) electrons. The summed E-state index contributed by atoms with van der Waals surface area (Å²) in [5.41, 5.74) is 2.74. The maximum absolute atomic E-state index is 4.62. The molecule has 2 aromatic rings. The molecule has 1 aliphatic carbocycles. The Morgan fingerprint density at radius 3 is 2.80 bits per heavy atom. The van der Waals surface area contributed by atoms with Gasteiger partial charge >= 0.3 is 0 Å². The van der Waals surface area contributed by atoms with Crippen LogP contribution in [0.4, 0.5) is 0 Å². The summed E-state index contributed by atoms with van der Waals surface area (Å²) >= 11 is 1.75. The quantitative estimate of drug-likeness (QED) is 0.874. The predicted molar refractivity (Wildman–Crippen MR) is 85.3 cm³/mol. The molecule has 1 aromatic heterocycles. The van der Waals surface area contributed by atoms with Crippen LogP contribution in [0.15, 0.2) is 35.7 Å². The number of benzene rings is 1. The van der Waals surface area contributed by atoms with Crippen LogP contribution in [0.2, 0.25) is 0 Å². The molecule has 106 valence electrons. The van der Waals surface area contributed by atoms with Crippen LogP contribution in [0, 0.1) is 12.8 Å². The molecule has 0 amide bonds. The summed E-state index contributed by atoms with van der Waals surface area (Å²) in [6.45, 7) is 5.31. The predicted octanol–water partition coefficient (Wildman–Crippen LogP) is 3.78. The van der Waals surface area contributed by atoms with E-state index in [1.807, 2.05) is 0 Å². The molecule has 1 heterocycles. The summed E-state index contributed by atoms with van der Waals surface area (Å²) in [6, 6.07) is 11.5. The lowest BCUT2D eigenvalue weighted by Crippen LogP contribution is -2.33. The molecular formula is C17H22N2S. The zero-order chi connectivity index (χ0) is 13.9. The second-order valence-electron chi connectivity index (χ2n) is 5.64. The minimum Gasteiger partial charge on any atom is -0.314 e. The molecule has 0 spiro atoms. The lowest BCUT2D eigenvalue weighted by atomic mass is 10.0. The van der Waals surface area contributed by atoms with Gasteiger partial charge in [-0.3, -0.25) is 0 Å².